The topological polar surface area (TPSA) is 12.0 Å². The zero-order valence-corrected chi connectivity index (χ0v) is 14.2. The Bertz CT molecular complexity index is 572. The lowest BCUT2D eigenvalue weighted by Crippen LogP contribution is -2.54. The maximum Gasteiger partial charge on any atom is 0.416 e. The van der Waals surface area contributed by atoms with E-state index in [4.69, 9.17) is 0 Å². The van der Waals surface area contributed by atoms with Gasteiger partial charge in [0.1, 0.15) is 0 Å². The van der Waals surface area contributed by atoms with Crippen molar-refractivity contribution in [3.8, 4) is 0 Å². The van der Waals surface area contributed by atoms with Crippen molar-refractivity contribution in [2.45, 2.75) is 64.2 Å². The quantitative estimate of drug-likeness (QED) is 0.776. The summed E-state index contributed by atoms with van der Waals surface area (Å²) in [6.07, 6.45) is 3.72. The molecule has 4 aliphatic rings. The summed E-state index contributed by atoms with van der Waals surface area (Å²) in [7, 11) is 0. The van der Waals surface area contributed by atoms with Crippen LogP contribution in [-0.4, -0.2) is 6.04 Å². The highest BCUT2D eigenvalue weighted by atomic mass is 19.4. The normalized spacial score (nSPS) is 36.1. The second-order valence-electron chi connectivity index (χ2n) is 8.54. The minimum Gasteiger partial charge on any atom is -0.310 e. The summed E-state index contributed by atoms with van der Waals surface area (Å²) >= 11 is 0. The molecule has 0 spiro atoms. The first-order chi connectivity index (χ1) is 11.4. The van der Waals surface area contributed by atoms with Gasteiger partial charge in [0.15, 0.2) is 0 Å². The number of halogens is 3. The van der Waals surface area contributed by atoms with E-state index in [1.165, 1.54) is 50.7 Å². The number of benzene rings is 1. The highest BCUT2D eigenvalue weighted by molar-refractivity contribution is 5.29. The van der Waals surface area contributed by atoms with Gasteiger partial charge in [-0.25, -0.2) is 0 Å². The fourth-order valence-corrected chi connectivity index (χ4v) is 6.14. The molecule has 0 aliphatic heterocycles. The third-order valence-electron chi connectivity index (χ3n) is 6.93. The average Bonchev–Trinajstić information content (AvgIpc) is 2.50. The van der Waals surface area contributed by atoms with Crippen LogP contribution >= 0.6 is 0 Å². The number of nitrogens with one attached hydrogen (secondary N) is 1. The van der Waals surface area contributed by atoms with Crippen LogP contribution in [0.25, 0.3) is 0 Å². The van der Waals surface area contributed by atoms with Crippen LogP contribution in [0.5, 0.6) is 0 Å². The zero-order valence-electron chi connectivity index (χ0n) is 14.2. The van der Waals surface area contributed by atoms with Gasteiger partial charge in [0.25, 0.3) is 0 Å². The Morgan fingerprint density at radius 3 is 2.12 bits per heavy atom. The van der Waals surface area contributed by atoms with Gasteiger partial charge in [0.2, 0.25) is 0 Å². The molecule has 0 amide bonds. The molecule has 4 bridgehead atoms. The molecule has 4 heteroatoms. The standard InChI is InChI=1S/C20H26F3N/c1-13(19-9-14-6-15(10-19)8-16(7-14)11-19)24-12-17-4-2-3-5-18(17)20(21,22)23/h2-5,13-16,24H,6-12H2,1H3. The maximum absolute atomic E-state index is 13.2. The molecule has 0 saturated heterocycles. The second kappa shape index (κ2) is 5.76. The SMILES string of the molecule is CC(NCc1ccccc1C(F)(F)F)C12CC3CC(CC(C3)C1)C2. The van der Waals surface area contributed by atoms with E-state index in [-0.39, 0.29) is 6.04 Å². The summed E-state index contributed by atoms with van der Waals surface area (Å²) in [5.74, 6) is 2.59. The number of hydrogen-bond donors (Lipinski definition) is 1. The van der Waals surface area contributed by atoms with E-state index in [9.17, 15) is 13.2 Å². The molecule has 1 atom stereocenters. The van der Waals surface area contributed by atoms with E-state index in [1.807, 2.05) is 0 Å². The van der Waals surface area contributed by atoms with E-state index >= 15 is 0 Å². The fraction of sp³-hybridized carbons (Fsp3) is 0.700. The van der Waals surface area contributed by atoms with E-state index in [1.54, 1.807) is 12.1 Å². The highest BCUT2D eigenvalue weighted by Gasteiger charge is 2.52. The van der Waals surface area contributed by atoms with Gasteiger partial charge in [-0.1, -0.05) is 18.2 Å². The van der Waals surface area contributed by atoms with Gasteiger partial charge in [-0.2, -0.15) is 13.2 Å². The molecule has 4 fully saturated rings. The van der Waals surface area contributed by atoms with Crippen LogP contribution < -0.4 is 5.32 Å². The van der Waals surface area contributed by atoms with Gasteiger partial charge in [-0.3, -0.25) is 0 Å². The molecule has 1 unspecified atom stereocenters. The third kappa shape index (κ3) is 2.87. The number of rotatable bonds is 4. The van der Waals surface area contributed by atoms with Crippen molar-refractivity contribution in [2.24, 2.45) is 23.2 Å². The van der Waals surface area contributed by atoms with Gasteiger partial charge in [-0.05, 0) is 80.2 Å². The Labute approximate surface area is 142 Å². The van der Waals surface area contributed by atoms with Crippen LogP contribution in [0, 0.1) is 23.2 Å². The van der Waals surface area contributed by atoms with Crippen molar-refractivity contribution in [3.63, 3.8) is 0 Å². The molecule has 1 nitrogen and oxygen atoms in total. The summed E-state index contributed by atoms with van der Waals surface area (Å²) in [4.78, 5) is 0. The first-order valence-electron chi connectivity index (χ1n) is 9.24. The Morgan fingerprint density at radius 2 is 1.58 bits per heavy atom. The minimum absolute atomic E-state index is 0.284. The van der Waals surface area contributed by atoms with Crippen LogP contribution in [0.15, 0.2) is 24.3 Å². The summed E-state index contributed by atoms with van der Waals surface area (Å²) in [5, 5.41) is 3.47. The molecule has 1 aromatic rings. The van der Waals surface area contributed by atoms with Gasteiger partial charge in [0, 0.05) is 12.6 Å². The van der Waals surface area contributed by atoms with Crippen LogP contribution in [0.3, 0.4) is 0 Å². The molecule has 0 heterocycles. The second-order valence-corrected chi connectivity index (χ2v) is 8.54. The molecule has 1 N–H and O–H groups in total. The molecule has 4 aliphatic carbocycles. The Kier molecular flexibility index (Phi) is 3.94. The predicted molar refractivity (Wildman–Crippen MR) is 88.4 cm³/mol. The minimum atomic E-state index is -4.28. The van der Waals surface area contributed by atoms with E-state index in [2.05, 4.69) is 12.2 Å². The summed E-state index contributed by atoms with van der Waals surface area (Å²) in [6, 6.07) is 6.23. The molecule has 5 rings (SSSR count). The van der Waals surface area contributed by atoms with Crippen molar-refractivity contribution < 1.29 is 13.2 Å². The summed E-state index contributed by atoms with van der Waals surface area (Å²) < 4.78 is 39.5. The lowest BCUT2D eigenvalue weighted by Gasteiger charge is -2.59. The van der Waals surface area contributed by atoms with Crippen molar-refractivity contribution in [1.82, 2.24) is 5.32 Å². The largest absolute Gasteiger partial charge is 0.416 e. The summed E-state index contributed by atoms with van der Waals surface area (Å²) in [6.45, 7) is 2.50. The van der Waals surface area contributed by atoms with Gasteiger partial charge in [-0.15, -0.1) is 0 Å². The lowest BCUT2D eigenvalue weighted by molar-refractivity contribution is -0.138. The maximum atomic E-state index is 13.2. The van der Waals surface area contributed by atoms with Crippen LogP contribution in [0.2, 0.25) is 0 Å². The van der Waals surface area contributed by atoms with Crippen molar-refractivity contribution >= 4 is 0 Å². The van der Waals surface area contributed by atoms with Crippen LogP contribution in [0.4, 0.5) is 13.2 Å². The van der Waals surface area contributed by atoms with E-state index < -0.39 is 11.7 Å². The van der Waals surface area contributed by atoms with Crippen molar-refractivity contribution in [2.75, 3.05) is 0 Å². The highest BCUT2D eigenvalue weighted by Crippen LogP contribution is 2.61. The monoisotopic (exact) mass is 337 g/mol. The predicted octanol–water partition coefficient (Wildman–Crippen LogP) is 5.40. The van der Waals surface area contributed by atoms with Crippen LogP contribution in [-0.2, 0) is 12.7 Å². The first-order valence-corrected chi connectivity index (χ1v) is 9.24. The fourth-order valence-electron chi connectivity index (χ4n) is 6.14. The molecule has 24 heavy (non-hydrogen) atoms. The van der Waals surface area contributed by atoms with Crippen molar-refractivity contribution in [1.29, 1.82) is 0 Å². The smallest absolute Gasteiger partial charge is 0.310 e. The summed E-state index contributed by atoms with van der Waals surface area (Å²) in [5.41, 5.74) is 0.179. The molecular formula is C20H26F3N. The molecule has 132 valence electrons. The lowest BCUT2D eigenvalue weighted by atomic mass is 9.48. The first kappa shape index (κ1) is 16.4. The molecular weight excluding hydrogens is 311 g/mol. The molecule has 0 radical (unpaired) electrons. The Balaban J connectivity index is 1.47. The van der Waals surface area contributed by atoms with Gasteiger partial charge >= 0.3 is 6.18 Å². The molecule has 0 aromatic heterocycles. The van der Waals surface area contributed by atoms with E-state index in [0.717, 1.165) is 17.8 Å². The number of alkyl halides is 3. The average molecular weight is 337 g/mol. The number of hydrogen-bond acceptors (Lipinski definition) is 1. The molecule has 1 aromatic carbocycles. The Morgan fingerprint density at radius 1 is 1.04 bits per heavy atom. The molecule has 4 saturated carbocycles. The van der Waals surface area contributed by atoms with Crippen molar-refractivity contribution in [3.05, 3.63) is 35.4 Å². The van der Waals surface area contributed by atoms with Gasteiger partial charge < -0.3 is 5.32 Å². The van der Waals surface area contributed by atoms with Gasteiger partial charge in [0.05, 0.1) is 5.56 Å². The van der Waals surface area contributed by atoms with E-state index in [0.29, 0.717) is 17.5 Å². The Hall–Kier alpha value is -1.03. The third-order valence-corrected chi connectivity index (χ3v) is 6.93. The zero-order chi connectivity index (χ0) is 16.9. The van der Waals surface area contributed by atoms with Crippen LogP contribution in [0.1, 0.15) is 56.6 Å².